The van der Waals surface area contributed by atoms with Gasteiger partial charge in [-0.3, -0.25) is 0 Å². The van der Waals surface area contributed by atoms with Crippen molar-refractivity contribution >= 4 is 17.7 Å². The zero-order valence-corrected chi connectivity index (χ0v) is 10.7. The molecule has 0 aliphatic heterocycles. The Labute approximate surface area is 106 Å². The van der Waals surface area contributed by atoms with Crippen LogP contribution in [0.3, 0.4) is 0 Å². The average molecular weight is 250 g/mol. The summed E-state index contributed by atoms with van der Waals surface area (Å²) in [6, 6.07) is 7.24. The molecular weight excluding hydrogens is 232 g/mol. The van der Waals surface area contributed by atoms with Gasteiger partial charge in [-0.15, -0.1) is 0 Å². The van der Waals surface area contributed by atoms with Gasteiger partial charge >= 0.3 is 5.97 Å². The van der Waals surface area contributed by atoms with Crippen molar-refractivity contribution in [1.29, 1.82) is 0 Å². The number of carboxylic acid groups (broad SMARTS) is 1. The van der Waals surface area contributed by atoms with Crippen LogP contribution in [0.25, 0.3) is 0 Å². The Kier molecular flexibility index (Phi) is 4.49. The second-order valence-electron chi connectivity index (χ2n) is 4.53. The Bertz CT molecular complexity index is 366. The van der Waals surface area contributed by atoms with E-state index in [1.165, 1.54) is 31.2 Å². The molecule has 1 fully saturated rings. The molecule has 0 aromatic heterocycles. The fourth-order valence-corrected chi connectivity index (χ4v) is 3.57. The zero-order valence-electron chi connectivity index (χ0n) is 9.89. The predicted molar refractivity (Wildman–Crippen MR) is 71.8 cm³/mol. The monoisotopic (exact) mass is 250 g/mol. The molecule has 1 N–H and O–H groups in total. The molecule has 1 aliphatic carbocycles. The molecule has 3 heteroatoms. The second-order valence-corrected chi connectivity index (χ2v) is 5.94. The number of carboxylic acids is 1. The lowest BCUT2D eigenvalue weighted by Crippen LogP contribution is -1.99. The minimum atomic E-state index is -0.850. The Morgan fingerprint density at radius 3 is 2.47 bits per heavy atom. The van der Waals surface area contributed by atoms with E-state index in [4.69, 9.17) is 5.11 Å². The first-order chi connectivity index (χ1) is 8.25. The highest BCUT2D eigenvalue weighted by Crippen LogP contribution is 2.29. The minimum absolute atomic E-state index is 0.372. The largest absolute Gasteiger partial charge is 0.478 e. The summed E-state index contributed by atoms with van der Waals surface area (Å²) in [5.74, 6) is 0.300. The normalized spacial score (nSPS) is 16.2. The highest BCUT2D eigenvalue weighted by molar-refractivity contribution is 7.99. The van der Waals surface area contributed by atoms with Gasteiger partial charge in [0.15, 0.2) is 0 Å². The molecule has 1 saturated carbocycles. The minimum Gasteiger partial charge on any atom is -0.478 e. The van der Waals surface area contributed by atoms with Crippen LogP contribution >= 0.6 is 11.8 Å². The summed E-state index contributed by atoms with van der Waals surface area (Å²) in [5, 5.41) is 9.66. The van der Waals surface area contributed by atoms with Gasteiger partial charge in [-0.2, -0.15) is 11.8 Å². The fraction of sp³-hybridized carbons (Fsp3) is 0.500. The Morgan fingerprint density at radius 1 is 1.24 bits per heavy atom. The van der Waals surface area contributed by atoms with Gasteiger partial charge in [-0.1, -0.05) is 25.0 Å². The van der Waals surface area contributed by atoms with Gasteiger partial charge in [0.2, 0.25) is 0 Å². The molecule has 0 unspecified atom stereocenters. The second kappa shape index (κ2) is 6.10. The summed E-state index contributed by atoms with van der Waals surface area (Å²) in [5.41, 5.74) is 1.61. The molecular formula is C14H18O2S. The lowest BCUT2D eigenvalue weighted by Gasteiger charge is -2.08. The van der Waals surface area contributed by atoms with Crippen LogP contribution in [-0.2, 0) is 6.42 Å². The first-order valence-corrected chi connectivity index (χ1v) is 7.24. The van der Waals surface area contributed by atoms with Crippen molar-refractivity contribution < 1.29 is 9.90 Å². The van der Waals surface area contributed by atoms with Crippen molar-refractivity contribution in [2.45, 2.75) is 37.4 Å². The number of thioether (sulfide) groups is 1. The van der Waals surface area contributed by atoms with E-state index < -0.39 is 5.97 Å². The summed E-state index contributed by atoms with van der Waals surface area (Å²) in [6.45, 7) is 0. The van der Waals surface area contributed by atoms with E-state index in [2.05, 4.69) is 11.8 Å². The lowest BCUT2D eigenvalue weighted by atomic mass is 10.1. The first-order valence-electron chi connectivity index (χ1n) is 6.19. The maximum Gasteiger partial charge on any atom is 0.335 e. The Balaban J connectivity index is 1.76. The highest BCUT2D eigenvalue weighted by atomic mass is 32.2. The summed E-state index contributed by atoms with van der Waals surface area (Å²) in [4.78, 5) is 10.7. The van der Waals surface area contributed by atoms with Crippen LogP contribution in [0.4, 0.5) is 0 Å². The quantitative estimate of drug-likeness (QED) is 0.867. The van der Waals surface area contributed by atoms with Crippen LogP contribution in [0.15, 0.2) is 24.3 Å². The SMILES string of the molecule is O=C(O)c1ccc(CCSC2CCCC2)cc1. The third kappa shape index (κ3) is 3.77. The van der Waals surface area contributed by atoms with Gasteiger partial charge in [0.05, 0.1) is 5.56 Å². The highest BCUT2D eigenvalue weighted by Gasteiger charge is 2.14. The molecule has 92 valence electrons. The maximum absolute atomic E-state index is 10.7. The smallest absolute Gasteiger partial charge is 0.335 e. The van der Waals surface area contributed by atoms with Gasteiger partial charge in [-0.05, 0) is 42.7 Å². The number of hydrogen-bond acceptors (Lipinski definition) is 2. The Hall–Kier alpha value is -0.960. The van der Waals surface area contributed by atoms with Crippen LogP contribution in [0, 0.1) is 0 Å². The molecule has 0 saturated heterocycles. The summed E-state index contributed by atoms with van der Waals surface area (Å²) >= 11 is 2.07. The number of hydrogen-bond donors (Lipinski definition) is 1. The van der Waals surface area contributed by atoms with Crippen LogP contribution in [-0.4, -0.2) is 22.1 Å². The standard InChI is InChI=1S/C14H18O2S/c15-14(16)12-7-5-11(6-8-12)9-10-17-13-3-1-2-4-13/h5-8,13H,1-4,9-10H2,(H,15,16). The summed E-state index contributed by atoms with van der Waals surface area (Å²) in [6.07, 6.45) is 6.59. The molecule has 1 aromatic carbocycles. The van der Waals surface area contributed by atoms with Crippen molar-refractivity contribution in [3.63, 3.8) is 0 Å². The third-order valence-corrected chi connectivity index (χ3v) is 4.63. The molecule has 0 radical (unpaired) electrons. The number of benzene rings is 1. The van der Waals surface area contributed by atoms with Crippen molar-refractivity contribution in [1.82, 2.24) is 0 Å². The molecule has 0 spiro atoms. The fourth-order valence-electron chi connectivity index (χ4n) is 2.21. The molecule has 0 bridgehead atoms. The number of rotatable bonds is 5. The van der Waals surface area contributed by atoms with Crippen LogP contribution in [0.5, 0.6) is 0 Å². The average Bonchev–Trinajstić information content (AvgIpc) is 2.83. The predicted octanol–water partition coefficient (Wildman–Crippen LogP) is 3.60. The van der Waals surface area contributed by atoms with Crippen molar-refractivity contribution in [3.8, 4) is 0 Å². The zero-order chi connectivity index (χ0) is 12.1. The van der Waals surface area contributed by atoms with E-state index >= 15 is 0 Å². The van der Waals surface area contributed by atoms with Gasteiger partial charge < -0.3 is 5.11 Å². The molecule has 2 rings (SSSR count). The van der Waals surface area contributed by atoms with E-state index in [1.54, 1.807) is 12.1 Å². The van der Waals surface area contributed by atoms with Gasteiger partial charge in [0.1, 0.15) is 0 Å². The maximum atomic E-state index is 10.7. The van der Waals surface area contributed by atoms with Crippen LogP contribution in [0.1, 0.15) is 41.6 Å². The third-order valence-electron chi connectivity index (χ3n) is 3.25. The lowest BCUT2D eigenvalue weighted by molar-refractivity contribution is 0.0697. The van der Waals surface area contributed by atoms with E-state index in [0.29, 0.717) is 5.56 Å². The number of aromatic carboxylic acids is 1. The van der Waals surface area contributed by atoms with Crippen molar-refractivity contribution in [3.05, 3.63) is 35.4 Å². The number of carbonyl (C=O) groups is 1. The van der Waals surface area contributed by atoms with E-state index in [9.17, 15) is 4.79 Å². The topological polar surface area (TPSA) is 37.3 Å². The van der Waals surface area contributed by atoms with Gasteiger partial charge in [-0.25, -0.2) is 4.79 Å². The molecule has 0 heterocycles. The molecule has 0 amide bonds. The van der Waals surface area contributed by atoms with Gasteiger partial charge in [0, 0.05) is 5.25 Å². The molecule has 1 aliphatic rings. The first kappa shape index (κ1) is 12.5. The number of aryl methyl sites for hydroxylation is 1. The summed E-state index contributed by atoms with van der Waals surface area (Å²) in [7, 11) is 0. The Morgan fingerprint density at radius 2 is 1.88 bits per heavy atom. The molecule has 0 atom stereocenters. The molecule has 17 heavy (non-hydrogen) atoms. The molecule has 2 nitrogen and oxygen atoms in total. The van der Waals surface area contributed by atoms with Gasteiger partial charge in [0.25, 0.3) is 0 Å². The van der Waals surface area contributed by atoms with E-state index in [-0.39, 0.29) is 0 Å². The van der Waals surface area contributed by atoms with Crippen LogP contribution in [0.2, 0.25) is 0 Å². The van der Waals surface area contributed by atoms with Crippen LogP contribution < -0.4 is 0 Å². The molecule has 1 aromatic rings. The summed E-state index contributed by atoms with van der Waals surface area (Å²) < 4.78 is 0. The van der Waals surface area contributed by atoms with Crippen molar-refractivity contribution in [2.24, 2.45) is 0 Å². The van der Waals surface area contributed by atoms with E-state index in [1.807, 2.05) is 12.1 Å². The van der Waals surface area contributed by atoms with Crippen molar-refractivity contribution in [2.75, 3.05) is 5.75 Å². The van der Waals surface area contributed by atoms with E-state index in [0.717, 1.165) is 17.4 Å².